The Morgan fingerprint density at radius 1 is 0.981 bits per heavy atom. The number of fused-ring (bicyclic) bond motifs is 1. The first kappa shape index (κ1) is 35.0. The first-order valence-corrected chi connectivity index (χ1v) is 18.0. The lowest BCUT2D eigenvalue weighted by molar-refractivity contribution is -0.0384. The van der Waals surface area contributed by atoms with Crippen molar-refractivity contribution in [3.8, 4) is 0 Å². The summed E-state index contributed by atoms with van der Waals surface area (Å²) in [5.41, 5.74) is 4.09. The van der Waals surface area contributed by atoms with Crippen molar-refractivity contribution >= 4 is 29.0 Å². The Morgan fingerprint density at radius 2 is 1.72 bits per heavy atom. The highest BCUT2D eigenvalue weighted by Crippen LogP contribution is 2.39. The fourth-order valence-corrected chi connectivity index (χ4v) is 6.94. The summed E-state index contributed by atoms with van der Waals surface area (Å²) in [5.74, 6) is 1.07. The number of rotatable bonds is 12. The molecule has 54 heavy (non-hydrogen) atoms. The van der Waals surface area contributed by atoms with Gasteiger partial charge in [-0.25, -0.2) is 9.78 Å². The molecule has 2 amide bonds. The Bertz CT molecular complexity index is 2130. The van der Waals surface area contributed by atoms with Gasteiger partial charge in [0.05, 0.1) is 12.9 Å². The molecule has 2 saturated heterocycles. The predicted molar refractivity (Wildman–Crippen MR) is 197 cm³/mol. The number of pyridine rings is 1. The van der Waals surface area contributed by atoms with Crippen molar-refractivity contribution < 1.29 is 19.7 Å². The maximum Gasteiger partial charge on any atom is 0.315 e. The van der Waals surface area contributed by atoms with E-state index < -0.39 is 24.5 Å². The molecule has 17 nitrogen and oxygen atoms in total. The number of aryl methyl sites for hydroxylation is 1. The number of benzene rings is 2. The second kappa shape index (κ2) is 15.5. The highest BCUT2D eigenvalue weighted by Gasteiger charge is 2.47. The van der Waals surface area contributed by atoms with Crippen LogP contribution in [0.4, 0.5) is 16.6 Å². The molecule has 0 unspecified atom stereocenters. The van der Waals surface area contributed by atoms with Crippen molar-refractivity contribution in [2.75, 3.05) is 29.9 Å². The van der Waals surface area contributed by atoms with Gasteiger partial charge in [0.2, 0.25) is 11.8 Å². The average Bonchev–Trinajstić information content (AvgIpc) is 4.03. The Morgan fingerprint density at radius 3 is 2.43 bits per heavy atom. The lowest BCUT2D eigenvalue weighted by Gasteiger charge is -2.22. The molecule has 17 heteroatoms. The fraction of sp³-hybridized carbons (Fsp3) is 0.351. The van der Waals surface area contributed by atoms with Crippen LogP contribution in [0, 0.1) is 0 Å². The van der Waals surface area contributed by atoms with Gasteiger partial charge in [0.15, 0.2) is 29.3 Å². The van der Waals surface area contributed by atoms with E-state index in [0.717, 1.165) is 16.7 Å². The number of carbonyl (C=O) groups excluding carboxylic acids is 1. The van der Waals surface area contributed by atoms with E-state index in [2.05, 4.69) is 60.6 Å². The molecule has 8 rings (SSSR count). The molecule has 2 aliphatic heterocycles. The number of carbonyl (C=O) groups is 1. The number of ether oxygens (including phenoxy) is 1. The van der Waals surface area contributed by atoms with Gasteiger partial charge in [-0.15, -0.1) is 10.2 Å². The van der Waals surface area contributed by atoms with Crippen molar-refractivity contribution in [3.63, 3.8) is 0 Å². The van der Waals surface area contributed by atoms with Crippen molar-refractivity contribution in [1.82, 2.24) is 55.3 Å². The van der Waals surface area contributed by atoms with Crippen LogP contribution in [0.3, 0.4) is 0 Å². The Hall–Kier alpha value is -6.04. The number of aliphatic hydroxyl groups excluding tert-OH is 2. The first-order chi connectivity index (χ1) is 26.4. The number of nitrogens with one attached hydrogen (secondary N) is 3. The third-order valence-electron chi connectivity index (χ3n) is 9.81. The van der Waals surface area contributed by atoms with Crippen LogP contribution in [-0.4, -0.2) is 98.8 Å². The van der Waals surface area contributed by atoms with E-state index in [0.29, 0.717) is 62.1 Å². The smallest absolute Gasteiger partial charge is 0.315 e. The zero-order valence-corrected chi connectivity index (χ0v) is 29.6. The zero-order chi connectivity index (χ0) is 37.0. The summed E-state index contributed by atoms with van der Waals surface area (Å²) in [6.45, 7) is 4.30. The van der Waals surface area contributed by atoms with Crippen LogP contribution in [-0.2, 0) is 17.8 Å². The number of hydrogen-bond donors (Lipinski definition) is 5. The van der Waals surface area contributed by atoms with Crippen LogP contribution >= 0.6 is 0 Å². The Kier molecular flexibility index (Phi) is 10.1. The maximum atomic E-state index is 12.8. The number of urea groups is 1. The van der Waals surface area contributed by atoms with Crippen LogP contribution < -0.4 is 20.9 Å². The van der Waals surface area contributed by atoms with E-state index in [-0.39, 0.29) is 23.8 Å². The van der Waals surface area contributed by atoms with E-state index in [1.807, 2.05) is 60.4 Å². The van der Waals surface area contributed by atoms with Gasteiger partial charge in [-0.1, -0.05) is 60.7 Å². The molecule has 2 aliphatic rings. The topological polar surface area (TPSA) is 206 Å². The number of amides is 2. The molecule has 6 aromatic rings. The van der Waals surface area contributed by atoms with Gasteiger partial charge in [-0.2, -0.15) is 14.8 Å². The quantitative estimate of drug-likeness (QED) is 0.123. The van der Waals surface area contributed by atoms with Gasteiger partial charge >= 0.3 is 6.03 Å². The van der Waals surface area contributed by atoms with Crippen molar-refractivity contribution in [3.05, 3.63) is 114 Å². The molecule has 2 fully saturated rings. The monoisotopic (exact) mass is 731 g/mol. The fourth-order valence-electron chi connectivity index (χ4n) is 6.94. The van der Waals surface area contributed by atoms with Crippen molar-refractivity contribution in [2.24, 2.45) is 0 Å². The minimum Gasteiger partial charge on any atom is -0.387 e. The third kappa shape index (κ3) is 7.28. The molecule has 2 aromatic carbocycles. The van der Waals surface area contributed by atoms with Gasteiger partial charge in [0, 0.05) is 50.5 Å². The lowest BCUT2D eigenvalue weighted by Crippen LogP contribution is -2.43. The second-order valence-corrected chi connectivity index (χ2v) is 13.3. The van der Waals surface area contributed by atoms with E-state index in [4.69, 9.17) is 19.7 Å². The molecule has 0 spiro atoms. The second-order valence-electron chi connectivity index (χ2n) is 13.3. The highest BCUT2D eigenvalue weighted by atomic mass is 16.6. The van der Waals surface area contributed by atoms with Crippen molar-refractivity contribution in [1.29, 1.82) is 0 Å². The van der Waals surface area contributed by atoms with E-state index in [1.165, 1.54) is 11.1 Å². The molecule has 0 saturated carbocycles. The van der Waals surface area contributed by atoms with Gasteiger partial charge in [-0.05, 0) is 47.4 Å². The number of hydrogen-bond acceptors (Lipinski definition) is 13. The Balaban J connectivity index is 1.08. The summed E-state index contributed by atoms with van der Waals surface area (Å²) in [6.07, 6.45) is 0.842. The van der Waals surface area contributed by atoms with Crippen LogP contribution in [0.5, 0.6) is 0 Å². The van der Waals surface area contributed by atoms with Gasteiger partial charge in [-0.3, -0.25) is 9.55 Å². The lowest BCUT2D eigenvalue weighted by atomic mass is 9.91. The molecule has 6 heterocycles. The largest absolute Gasteiger partial charge is 0.387 e. The molecule has 4 aromatic heterocycles. The van der Waals surface area contributed by atoms with Gasteiger partial charge in [0.25, 0.3) is 0 Å². The molecule has 278 valence electrons. The molecular formula is C37H41N13O4. The zero-order valence-electron chi connectivity index (χ0n) is 29.6. The van der Waals surface area contributed by atoms with Gasteiger partial charge < -0.3 is 35.8 Å². The van der Waals surface area contributed by atoms with Crippen LogP contribution in [0.2, 0.25) is 0 Å². The summed E-state index contributed by atoms with van der Waals surface area (Å²) in [5, 5.41) is 44.2. The Labute approximate surface area is 310 Å². The standard InChI is InChI=1S/C37H41N13O4/c1-2-50-46-33(45-47-50)31-29(51)30(52)35(54-31)49-22-41-28-32(39-20-27(24-9-5-3-6-10-24)25-11-7-4-8-12-25)43-36(44-34(28)49)48-18-15-26(21-48)42-37(53)40-19-23-13-16-38-17-14-23/h3-14,16-17,22,26-27,29-31,35,51-52H,2,15,18-21H2,1H3,(H,39,43,44)(H2,40,42,53)/t26-,29+,30-,31+,35-/m1/s1. The number of imidazole rings is 1. The number of tetrazole rings is 1. The third-order valence-corrected chi connectivity index (χ3v) is 9.81. The molecule has 5 atom stereocenters. The normalized spacial score (nSPS) is 21.2. The molecule has 0 bridgehead atoms. The minimum atomic E-state index is -1.35. The van der Waals surface area contributed by atoms with Gasteiger partial charge in [0.1, 0.15) is 12.2 Å². The summed E-state index contributed by atoms with van der Waals surface area (Å²) >= 11 is 0. The maximum absolute atomic E-state index is 12.8. The van der Waals surface area contributed by atoms with E-state index in [1.54, 1.807) is 17.0 Å². The van der Waals surface area contributed by atoms with E-state index in [9.17, 15) is 15.0 Å². The van der Waals surface area contributed by atoms with Crippen LogP contribution in [0.15, 0.2) is 91.5 Å². The van der Waals surface area contributed by atoms with Crippen LogP contribution in [0.25, 0.3) is 11.2 Å². The minimum absolute atomic E-state index is 0.00564. The molecule has 0 radical (unpaired) electrons. The molecule has 0 aliphatic carbocycles. The SMILES string of the molecule is CCn1nnc([C@H]2O[C@@H](n3cnc4c(NCC(c5ccccc5)c5ccccc5)nc(N5CC[C@@H](NC(=O)NCc6ccncc6)C5)nc43)[C@H](O)[C@@H]2O)n1. The number of aromatic nitrogens is 9. The molecule has 5 N–H and O–H groups in total. The number of nitrogens with zero attached hydrogens (tertiary/aromatic N) is 10. The summed E-state index contributed by atoms with van der Waals surface area (Å²) in [6, 6.07) is 23.8. The van der Waals surface area contributed by atoms with E-state index >= 15 is 0 Å². The van der Waals surface area contributed by atoms with Crippen molar-refractivity contribution in [2.45, 2.75) is 62.9 Å². The highest BCUT2D eigenvalue weighted by molar-refractivity contribution is 5.84. The van der Waals surface area contributed by atoms with Crippen LogP contribution in [0.1, 0.15) is 54.1 Å². The number of anilines is 2. The molecular weight excluding hydrogens is 690 g/mol. The average molecular weight is 732 g/mol. The summed E-state index contributed by atoms with van der Waals surface area (Å²) in [4.78, 5) is 34.9. The first-order valence-electron chi connectivity index (χ1n) is 18.0. The summed E-state index contributed by atoms with van der Waals surface area (Å²) in [7, 11) is 0. The summed E-state index contributed by atoms with van der Waals surface area (Å²) < 4.78 is 7.81. The predicted octanol–water partition coefficient (Wildman–Crippen LogP) is 2.54. The number of aliphatic hydroxyl groups is 2.